The number of phenolic OH excluding ortho intramolecular Hbond substituents is 1. The van der Waals surface area contributed by atoms with E-state index in [4.69, 9.17) is 5.26 Å². The maximum atomic E-state index is 12.3. The van der Waals surface area contributed by atoms with Crippen molar-refractivity contribution in [2.45, 2.75) is 5.75 Å². The summed E-state index contributed by atoms with van der Waals surface area (Å²) in [5.41, 5.74) is 0.0875. The van der Waals surface area contributed by atoms with Crippen molar-refractivity contribution in [3.05, 3.63) is 74.7 Å². The fourth-order valence-electron chi connectivity index (χ4n) is 1.99. The summed E-state index contributed by atoms with van der Waals surface area (Å²) < 4.78 is 24.7. The summed E-state index contributed by atoms with van der Waals surface area (Å²) in [6.45, 7) is 0. The molecule has 0 amide bonds. The van der Waals surface area contributed by atoms with Gasteiger partial charge in [-0.25, -0.2) is 8.42 Å². The van der Waals surface area contributed by atoms with Crippen molar-refractivity contribution in [3.63, 3.8) is 0 Å². The van der Waals surface area contributed by atoms with E-state index in [0.29, 0.717) is 5.56 Å². The van der Waals surface area contributed by atoms with Gasteiger partial charge in [0, 0.05) is 6.07 Å². The number of sulfone groups is 1. The van der Waals surface area contributed by atoms with Gasteiger partial charge in [0.05, 0.1) is 10.7 Å². The van der Waals surface area contributed by atoms with Crippen LogP contribution in [0.2, 0.25) is 0 Å². The lowest BCUT2D eigenvalue weighted by molar-refractivity contribution is -0.385. The monoisotopic (exact) mass is 344 g/mol. The summed E-state index contributed by atoms with van der Waals surface area (Å²) in [6, 6.07) is 13.3. The second kappa shape index (κ2) is 6.93. The van der Waals surface area contributed by atoms with Gasteiger partial charge in [0.25, 0.3) is 0 Å². The maximum absolute atomic E-state index is 12.3. The van der Waals surface area contributed by atoms with Crippen molar-refractivity contribution < 1.29 is 18.4 Å². The molecule has 122 valence electrons. The van der Waals surface area contributed by atoms with Crippen molar-refractivity contribution in [3.8, 4) is 11.8 Å². The van der Waals surface area contributed by atoms with Crippen molar-refractivity contribution in [2.75, 3.05) is 0 Å². The molecule has 0 fully saturated rings. The second-order valence-electron chi connectivity index (χ2n) is 4.87. The Hall–Kier alpha value is -3.18. The van der Waals surface area contributed by atoms with Crippen LogP contribution in [-0.4, -0.2) is 18.4 Å². The second-order valence-corrected chi connectivity index (χ2v) is 6.83. The lowest BCUT2D eigenvalue weighted by Crippen LogP contribution is -2.06. The van der Waals surface area contributed by atoms with E-state index in [-0.39, 0.29) is 11.3 Å². The third kappa shape index (κ3) is 3.97. The largest absolute Gasteiger partial charge is 0.502 e. The van der Waals surface area contributed by atoms with E-state index < -0.39 is 31.1 Å². The van der Waals surface area contributed by atoms with Crippen LogP contribution in [0.5, 0.6) is 5.75 Å². The molecular weight excluding hydrogens is 332 g/mol. The molecule has 0 bridgehead atoms. The molecule has 0 saturated carbocycles. The summed E-state index contributed by atoms with van der Waals surface area (Å²) in [5, 5.41) is 29.4. The minimum atomic E-state index is -3.90. The number of nitro groups is 1. The Kier molecular flexibility index (Phi) is 4.96. The van der Waals surface area contributed by atoms with Crippen LogP contribution in [0.25, 0.3) is 6.08 Å². The van der Waals surface area contributed by atoms with Gasteiger partial charge >= 0.3 is 5.69 Å². The van der Waals surface area contributed by atoms with Crippen LogP contribution in [0.1, 0.15) is 11.1 Å². The number of aromatic hydroxyl groups is 1. The lowest BCUT2D eigenvalue weighted by Gasteiger charge is -2.04. The number of nitriles is 1. The Morgan fingerprint density at radius 2 is 1.92 bits per heavy atom. The number of nitro benzene ring substituents is 1. The molecule has 0 aromatic heterocycles. The highest BCUT2D eigenvalue weighted by Crippen LogP contribution is 2.28. The summed E-state index contributed by atoms with van der Waals surface area (Å²) in [5.74, 6) is -0.893. The molecule has 0 heterocycles. The quantitative estimate of drug-likeness (QED) is 0.505. The topological polar surface area (TPSA) is 121 Å². The number of benzene rings is 2. The van der Waals surface area contributed by atoms with E-state index in [9.17, 15) is 23.6 Å². The Bertz CT molecular complexity index is 944. The zero-order valence-corrected chi connectivity index (χ0v) is 13.1. The number of nitrogens with zero attached hydrogens (tertiary/aromatic N) is 2. The molecule has 0 unspecified atom stereocenters. The van der Waals surface area contributed by atoms with E-state index >= 15 is 0 Å². The van der Waals surface area contributed by atoms with E-state index in [1.807, 2.05) is 0 Å². The van der Waals surface area contributed by atoms with Gasteiger partial charge in [-0.15, -0.1) is 0 Å². The first-order valence-corrected chi connectivity index (χ1v) is 8.34. The van der Waals surface area contributed by atoms with Gasteiger partial charge in [-0.3, -0.25) is 10.1 Å². The SMILES string of the molecule is N#C/C(=C/c1ccc(O)c([N+](=O)[O-])c1)S(=O)(=O)Cc1ccccc1. The molecule has 24 heavy (non-hydrogen) atoms. The highest BCUT2D eigenvalue weighted by molar-refractivity contribution is 7.95. The molecule has 0 aliphatic carbocycles. The van der Waals surface area contributed by atoms with Gasteiger partial charge in [-0.2, -0.15) is 5.26 Å². The molecule has 2 aromatic rings. The first kappa shape index (κ1) is 17.2. The zero-order valence-electron chi connectivity index (χ0n) is 12.3. The average molecular weight is 344 g/mol. The van der Waals surface area contributed by atoms with Crippen LogP contribution in [0.3, 0.4) is 0 Å². The first-order chi connectivity index (χ1) is 11.3. The molecule has 0 atom stereocenters. The van der Waals surface area contributed by atoms with E-state index in [2.05, 4.69) is 0 Å². The molecule has 1 N–H and O–H groups in total. The maximum Gasteiger partial charge on any atom is 0.311 e. The van der Waals surface area contributed by atoms with Gasteiger partial charge in [-0.1, -0.05) is 36.4 Å². The van der Waals surface area contributed by atoms with Gasteiger partial charge in [0.1, 0.15) is 11.0 Å². The van der Waals surface area contributed by atoms with E-state index in [1.165, 1.54) is 6.07 Å². The predicted octanol–water partition coefficient (Wildman–Crippen LogP) is 2.78. The number of hydrogen-bond donors (Lipinski definition) is 1. The van der Waals surface area contributed by atoms with Gasteiger partial charge < -0.3 is 5.11 Å². The Labute approximate surface area is 138 Å². The zero-order chi connectivity index (χ0) is 17.7. The van der Waals surface area contributed by atoms with Crippen LogP contribution in [0, 0.1) is 21.4 Å². The normalized spacial score (nSPS) is 11.7. The van der Waals surface area contributed by atoms with Crippen molar-refractivity contribution in [1.82, 2.24) is 0 Å². The molecule has 8 heteroatoms. The molecule has 0 saturated heterocycles. The molecular formula is C16H12N2O5S. The smallest absolute Gasteiger partial charge is 0.311 e. The lowest BCUT2D eigenvalue weighted by atomic mass is 10.2. The van der Waals surface area contributed by atoms with Gasteiger partial charge in [0.15, 0.2) is 15.6 Å². The van der Waals surface area contributed by atoms with Crippen LogP contribution in [0.15, 0.2) is 53.4 Å². The van der Waals surface area contributed by atoms with Gasteiger partial charge in [0.2, 0.25) is 0 Å². The Morgan fingerprint density at radius 1 is 1.25 bits per heavy atom. The minimum absolute atomic E-state index is 0.132. The van der Waals surface area contributed by atoms with Crippen molar-refractivity contribution >= 4 is 21.6 Å². The third-order valence-electron chi connectivity index (χ3n) is 3.14. The van der Waals surface area contributed by atoms with Gasteiger partial charge in [-0.05, 0) is 23.3 Å². The molecule has 7 nitrogen and oxygen atoms in total. The first-order valence-electron chi connectivity index (χ1n) is 6.69. The van der Waals surface area contributed by atoms with E-state index in [0.717, 1.165) is 18.2 Å². The number of allylic oxidation sites excluding steroid dienone is 1. The average Bonchev–Trinajstić information content (AvgIpc) is 2.54. The third-order valence-corrected chi connectivity index (χ3v) is 4.73. The fourth-order valence-corrected chi connectivity index (χ4v) is 3.23. The Balaban J connectivity index is 2.41. The number of rotatable bonds is 5. The van der Waals surface area contributed by atoms with E-state index in [1.54, 1.807) is 36.4 Å². The number of hydrogen-bond acceptors (Lipinski definition) is 6. The van der Waals surface area contributed by atoms with Crippen molar-refractivity contribution in [2.24, 2.45) is 0 Å². The van der Waals surface area contributed by atoms with Crippen molar-refractivity contribution in [1.29, 1.82) is 5.26 Å². The van der Waals surface area contributed by atoms with Crippen LogP contribution in [0.4, 0.5) is 5.69 Å². The molecule has 0 radical (unpaired) electrons. The van der Waals surface area contributed by atoms with Crippen LogP contribution >= 0.6 is 0 Å². The summed E-state index contributed by atoms with van der Waals surface area (Å²) in [6.07, 6.45) is 1.05. The molecule has 0 aliphatic rings. The predicted molar refractivity (Wildman–Crippen MR) is 87.4 cm³/mol. The summed E-state index contributed by atoms with van der Waals surface area (Å²) in [4.78, 5) is 9.51. The molecule has 2 rings (SSSR count). The van der Waals surface area contributed by atoms with Crippen LogP contribution < -0.4 is 0 Å². The highest BCUT2D eigenvalue weighted by Gasteiger charge is 2.20. The number of phenols is 1. The minimum Gasteiger partial charge on any atom is -0.502 e. The molecule has 2 aromatic carbocycles. The fraction of sp³-hybridized carbons (Fsp3) is 0.0625. The Morgan fingerprint density at radius 3 is 2.50 bits per heavy atom. The summed E-state index contributed by atoms with van der Waals surface area (Å²) >= 11 is 0. The summed E-state index contributed by atoms with van der Waals surface area (Å²) in [7, 11) is -3.90. The highest BCUT2D eigenvalue weighted by atomic mass is 32.2. The molecule has 0 spiro atoms. The van der Waals surface area contributed by atoms with Crippen LogP contribution in [-0.2, 0) is 15.6 Å². The molecule has 0 aliphatic heterocycles. The standard InChI is InChI=1S/C16H12N2O5S/c17-10-14(24(22,23)11-12-4-2-1-3-5-12)8-13-6-7-16(19)15(9-13)18(20)21/h1-9,19H,11H2/b14-8-.